The number of nitrogens with one attached hydrogen (secondary N) is 1. The highest BCUT2D eigenvalue weighted by atomic mass is 32.1. The van der Waals surface area contributed by atoms with Crippen LogP contribution >= 0.6 is 12.2 Å². The van der Waals surface area contributed by atoms with Crippen LogP contribution < -0.4 is 11.1 Å². The van der Waals surface area contributed by atoms with Gasteiger partial charge in [-0.15, -0.1) is 0 Å². The lowest BCUT2D eigenvalue weighted by Gasteiger charge is -2.33. The van der Waals surface area contributed by atoms with Gasteiger partial charge >= 0.3 is 0 Å². The number of nitrogens with two attached hydrogens (primary N) is 1. The molecule has 0 bridgehead atoms. The van der Waals surface area contributed by atoms with E-state index in [0.29, 0.717) is 10.6 Å². The average Bonchev–Trinajstić information content (AvgIpc) is 2.65. The van der Waals surface area contributed by atoms with E-state index in [4.69, 9.17) is 18.0 Å². The zero-order valence-corrected chi connectivity index (χ0v) is 13.6. The van der Waals surface area contributed by atoms with Crippen molar-refractivity contribution in [1.82, 2.24) is 10.3 Å². The van der Waals surface area contributed by atoms with Crippen LogP contribution in [0.3, 0.4) is 0 Å². The third-order valence-electron chi connectivity index (χ3n) is 4.25. The van der Waals surface area contributed by atoms with Gasteiger partial charge in [0, 0.05) is 5.69 Å². The van der Waals surface area contributed by atoms with Crippen molar-refractivity contribution in [1.29, 1.82) is 0 Å². The summed E-state index contributed by atoms with van der Waals surface area (Å²) in [5, 5.41) is 3.10. The largest absolute Gasteiger partial charge is 0.391 e. The van der Waals surface area contributed by atoms with Gasteiger partial charge in [0.1, 0.15) is 0 Å². The maximum atomic E-state index is 12.6. The minimum atomic E-state index is -0.541. The summed E-state index contributed by atoms with van der Waals surface area (Å²) >= 11 is 5.26. The summed E-state index contributed by atoms with van der Waals surface area (Å²) in [5.41, 5.74) is 7.66. The van der Waals surface area contributed by atoms with Crippen LogP contribution in [0.4, 0.5) is 0 Å². The molecule has 1 saturated carbocycles. The number of carbonyl (C=O) groups is 1. The van der Waals surface area contributed by atoms with Gasteiger partial charge in [-0.1, -0.05) is 37.9 Å². The SMILES string of the molecule is Cc1ccc(C(=O)NC2(C(N)=S)CCCCCC2)c(C)n1. The number of aromatic nitrogens is 1. The van der Waals surface area contributed by atoms with E-state index in [1.807, 2.05) is 26.0 Å². The average molecular weight is 305 g/mol. The molecule has 1 aliphatic rings. The highest BCUT2D eigenvalue weighted by molar-refractivity contribution is 7.80. The summed E-state index contributed by atoms with van der Waals surface area (Å²) in [6.07, 6.45) is 6.08. The number of thiocarbonyl (C=S) groups is 1. The topological polar surface area (TPSA) is 68.0 Å². The first-order valence-corrected chi connectivity index (χ1v) is 7.92. The number of aryl methyl sites for hydroxylation is 2. The minimum Gasteiger partial charge on any atom is -0.391 e. The Morgan fingerprint density at radius 2 is 1.86 bits per heavy atom. The molecule has 21 heavy (non-hydrogen) atoms. The van der Waals surface area contributed by atoms with Crippen LogP contribution in [0.15, 0.2) is 12.1 Å². The molecular weight excluding hydrogens is 282 g/mol. The molecule has 1 heterocycles. The quantitative estimate of drug-likeness (QED) is 0.665. The van der Waals surface area contributed by atoms with Crippen molar-refractivity contribution in [2.45, 2.75) is 57.9 Å². The molecule has 1 amide bonds. The first-order chi connectivity index (χ1) is 9.94. The number of rotatable bonds is 3. The summed E-state index contributed by atoms with van der Waals surface area (Å²) in [7, 11) is 0. The predicted molar refractivity (Wildman–Crippen MR) is 88.4 cm³/mol. The molecule has 0 unspecified atom stereocenters. The van der Waals surface area contributed by atoms with E-state index in [1.54, 1.807) is 0 Å². The van der Waals surface area contributed by atoms with Crippen LogP contribution in [0.5, 0.6) is 0 Å². The molecule has 4 nitrogen and oxygen atoms in total. The first-order valence-electron chi connectivity index (χ1n) is 7.51. The summed E-state index contributed by atoms with van der Waals surface area (Å²) in [4.78, 5) is 17.3. The highest BCUT2D eigenvalue weighted by Crippen LogP contribution is 2.28. The van der Waals surface area contributed by atoms with E-state index in [2.05, 4.69) is 10.3 Å². The fourth-order valence-corrected chi connectivity index (χ4v) is 3.23. The molecule has 0 spiro atoms. The molecule has 0 aromatic carbocycles. The summed E-state index contributed by atoms with van der Waals surface area (Å²) in [6, 6.07) is 3.67. The zero-order chi connectivity index (χ0) is 15.5. The Hall–Kier alpha value is -1.49. The lowest BCUT2D eigenvalue weighted by Crippen LogP contribution is -2.56. The molecule has 2 rings (SSSR count). The number of pyridine rings is 1. The molecule has 0 atom stereocenters. The van der Waals surface area contributed by atoms with Crippen molar-refractivity contribution in [3.63, 3.8) is 0 Å². The maximum absolute atomic E-state index is 12.6. The number of hydrogen-bond donors (Lipinski definition) is 2. The second kappa shape index (κ2) is 6.52. The van der Waals surface area contributed by atoms with Crippen molar-refractivity contribution in [2.75, 3.05) is 0 Å². The summed E-state index contributed by atoms with van der Waals surface area (Å²) < 4.78 is 0. The molecule has 0 aliphatic heterocycles. The van der Waals surface area contributed by atoms with Gasteiger partial charge in [-0.05, 0) is 38.8 Å². The van der Waals surface area contributed by atoms with Crippen molar-refractivity contribution in [3.05, 3.63) is 29.1 Å². The molecule has 0 saturated heterocycles. The molecule has 1 aromatic rings. The molecular formula is C16H23N3OS. The lowest BCUT2D eigenvalue weighted by atomic mass is 9.89. The molecule has 1 fully saturated rings. The van der Waals surface area contributed by atoms with Crippen LogP contribution in [0.2, 0.25) is 0 Å². The fraction of sp³-hybridized carbons (Fsp3) is 0.562. The molecule has 1 aliphatic carbocycles. The molecule has 5 heteroatoms. The molecule has 0 radical (unpaired) electrons. The number of hydrogen-bond acceptors (Lipinski definition) is 3. The standard InChI is InChI=1S/C16H23N3OS/c1-11-7-8-13(12(2)18-11)14(20)19-16(15(17)21)9-5-3-4-6-10-16/h7-8H,3-6,9-10H2,1-2H3,(H2,17,21)(H,19,20). The molecule has 114 valence electrons. The van der Waals surface area contributed by atoms with Crippen LogP contribution in [0.1, 0.15) is 60.3 Å². The lowest BCUT2D eigenvalue weighted by molar-refractivity contribution is 0.0916. The van der Waals surface area contributed by atoms with E-state index >= 15 is 0 Å². The van der Waals surface area contributed by atoms with E-state index < -0.39 is 5.54 Å². The predicted octanol–water partition coefficient (Wildman–Crippen LogP) is 2.81. The molecule has 1 aromatic heterocycles. The number of nitrogens with zero attached hydrogens (tertiary/aromatic N) is 1. The smallest absolute Gasteiger partial charge is 0.253 e. The summed E-state index contributed by atoms with van der Waals surface area (Å²) in [6.45, 7) is 3.76. The number of carbonyl (C=O) groups excluding carboxylic acids is 1. The Labute approximate surface area is 131 Å². The summed E-state index contributed by atoms with van der Waals surface area (Å²) in [5.74, 6) is -0.130. The Balaban J connectivity index is 2.24. The van der Waals surface area contributed by atoms with Crippen LogP contribution in [-0.4, -0.2) is 21.4 Å². The third kappa shape index (κ3) is 3.59. The van der Waals surface area contributed by atoms with E-state index in [1.165, 1.54) is 12.8 Å². The Morgan fingerprint density at radius 3 is 2.38 bits per heavy atom. The van der Waals surface area contributed by atoms with Gasteiger partial charge in [0.15, 0.2) is 0 Å². The van der Waals surface area contributed by atoms with Crippen LogP contribution in [0.25, 0.3) is 0 Å². The van der Waals surface area contributed by atoms with Crippen molar-refractivity contribution >= 4 is 23.1 Å². The van der Waals surface area contributed by atoms with E-state index in [0.717, 1.165) is 37.1 Å². The van der Waals surface area contributed by atoms with Gasteiger partial charge in [0.05, 0.1) is 21.8 Å². The maximum Gasteiger partial charge on any atom is 0.253 e. The zero-order valence-electron chi connectivity index (χ0n) is 12.7. The van der Waals surface area contributed by atoms with Gasteiger partial charge in [0.25, 0.3) is 5.91 Å². The Bertz CT molecular complexity index is 548. The first kappa shape index (κ1) is 15.9. The normalized spacial score (nSPS) is 17.8. The van der Waals surface area contributed by atoms with Crippen molar-refractivity contribution in [2.24, 2.45) is 5.73 Å². The van der Waals surface area contributed by atoms with Gasteiger partial charge in [-0.3, -0.25) is 9.78 Å². The van der Waals surface area contributed by atoms with Gasteiger partial charge < -0.3 is 11.1 Å². The van der Waals surface area contributed by atoms with Crippen LogP contribution in [0, 0.1) is 13.8 Å². The van der Waals surface area contributed by atoms with Gasteiger partial charge in [-0.25, -0.2) is 0 Å². The van der Waals surface area contributed by atoms with Crippen LogP contribution in [-0.2, 0) is 0 Å². The second-order valence-electron chi connectivity index (χ2n) is 5.90. The number of amides is 1. The molecule has 3 N–H and O–H groups in total. The van der Waals surface area contributed by atoms with Crippen molar-refractivity contribution < 1.29 is 4.79 Å². The fourth-order valence-electron chi connectivity index (χ4n) is 2.98. The van der Waals surface area contributed by atoms with E-state index in [-0.39, 0.29) is 5.91 Å². The highest BCUT2D eigenvalue weighted by Gasteiger charge is 2.36. The Morgan fingerprint density at radius 1 is 1.24 bits per heavy atom. The minimum absolute atomic E-state index is 0.130. The van der Waals surface area contributed by atoms with Gasteiger partial charge in [-0.2, -0.15) is 0 Å². The van der Waals surface area contributed by atoms with Gasteiger partial charge in [0.2, 0.25) is 0 Å². The second-order valence-corrected chi connectivity index (χ2v) is 6.34. The Kier molecular flexibility index (Phi) is 4.93. The van der Waals surface area contributed by atoms with E-state index in [9.17, 15) is 4.79 Å². The monoisotopic (exact) mass is 305 g/mol. The third-order valence-corrected chi connectivity index (χ3v) is 4.64. The van der Waals surface area contributed by atoms with Crippen molar-refractivity contribution in [3.8, 4) is 0 Å².